The minimum atomic E-state index is -0.115. The van der Waals surface area contributed by atoms with Crippen molar-refractivity contribution in [1.82, 2.24) is 4.90 Å². The SMILES string of the molecule is O=C(Cc1ccccc1Cl)Nc1ccc2c(c1)CN(C(=O)c1cccs1)CC2. The van der Waals surface area contributed by atoms with Crippen LogP contribution in [0.4, 0.5) is 5.69 Å². The minimum absolute atomic E-state index is 0.0637. The lowest BCUT2D eigenvalue weighted by Crippen LogP contribution is -2.35. The molecule has 3 aromatic rings. The molecule has 6 heteroatoms. The fraction of sp³-hybridized carbons (Fsp3) is 0.182. The molecular weight excluding hydrogens is 392 g/mol. The van der Waals surface area contributed by atoms with Crippen molar-refractivity contribution in [2.24, 2.45) is 0 Å². The van der Waals surface area contributed by atoms with E-state index in [2.05, 4.69) is 5.32 Å². The first-order chi connectivity index (χ1) is 13.6. The predicted molar refractivity (Wildman–Crippen MR) is 113 cm³/mol. The maximum atomic E-state index is 12.6. The van der Waals surface area contributed by atoms with Gasteiger partial charge in [0.25, 0.3) is 5.91 Å². The van der Waals surface area contributed by atoms with Crippen LogP contribution < -0.4 is 5.32 Å². The third kappa shape index (κ3) is 4.11. The molecule has 1 aliphatic rings. The van der Waals surface area contributed by atoms with E-state index < -0.39 is 0 Å². The summed E-state index contributed by atoms with van der Waals surface area (Å²) in [6, 6.07) is 17.0. The first kappa shape index (κ1) is 18.7. The van der Waals surface area contributed by atoms with Crippen molar-refractivity contribution in [2.45, 2.75) is 19.4 Å². The number of nitrogens with one attached hydrogen (secondary N) is 1. The summed E-state index contributed by atoms with van der Waals surface area (Å²) in [5.41, 5.74) is 3.83. The number of hydrogen-bond donors (Lipinski definition) is 1. The third-order valence-corrected chi connectivity index (χ3v) is 6.06. The molecule has 0 spiro atoms. The summed E-state index contributed by atoms with van der Waals surface area (Å²) in [7, 11) is 0. The highest BCUT2D eigenvalue weighted by Gasteiger charge is 2.22. The summed E-state index contributed by atoms with van der Waals surface area (Å²) < 4.78 is 0. The average molecular weight is 411 g/mol. The summed E-state index contributed by atoms with van der Waals surface area (Å²) in [6.45, 7) is 1.27. The smallest absolute Gasteiger partial charge is 0.264 e. The molecule has 2 amide bonds. The molecule has 0 aliphatic carbocycles. The summed E-state index contributed by atoms with van der Waals surface area (Å²) in [5, 5.41) is 5.44. The minimum Gasteiger partial charge on any atom is -0.333 e. The number of thiophene rings is 1. The Morgan fingerprint density at radius 1 is 1.07 bits per heavy atom. The molecule has 1 N–H and O–H groups in total. The van der Waals surface area contributed by atoms with E-state index >= 15 is 0 Å². The zero-order valence-corrected chi connectivity index (χ0v) is 16.7. The van der Waals surface area contributed by atoms with Crippen molar-refractivity contribution in [3.8, 4) is 0 Å². The average Bonchev–Trinajstić information content (AvgIpc) is 3.23. The molecule has 1 aromatic heterocycles. The lowest BCUT2D eigenvalue weighted by atomic mass is 9.98. The number of anilines is 1. The fourth-order valence-corrected chi connectivity index (χ4v) is 4.28. The molecule has 4 rings (SSSR count). The first-order valence-corrected chi connectivity index (χ1v) is 10.3. The number of rotatable bonds is 4. The van der Waals surface area contributed by atoms with Crippen LogP contribution in [0.25, 0.3) is 0 Å². The van der Waals surface area contributed by atoms with Crippen LogP contribution in [0.15, 0.2) is 60.0 Å². The van der Waals surface area contributed by atoms with Crippen LogP contribution in [-0.2, 0) is 24.2 Å². The molecule has 0 saturated carbocycles. The molecule has 0 radical (unpaired) electrons. The van der Waals surface area contributed by atoms with Gasteiger partial charge in [0.2, 0.25) is 5.91 Å². The third-order valence-electron chi connectivity index (χ3n) is 4.83. The van der Waals surface area contributed by atoms with E-state index in [-0.39, 0.29) is 18.2 Å². The molecule has 0 saturated heterocycles. The van der Waals surface area contributed by atoms with Gasteiger partial charge in [-0.15, -0.1) is 11.3 Å². The first-order valence-electron chi connectivity index (χ1n) is 9.08. The van der Waals surface area contributed by atoms with Crippen molar-refractivity contribution < 1.29 is 9.59 Å². The van der Waals surface area contributed by atoms with Gasteiger partial charge in [0, 0.05) is 23.8 Å². The van der Waals surface area contributed by atoms with E-state index in [1.54, 1.807) is 6.07 Å². The van der Waals surface area contributed by atoms with E-state index in [0.717, 1.165) is 28.1 Å². The van der Waals surface area contributed by atoms with E-state index in [9.17, 15) is 9.59 Å². The lowest BCUT2D eigenvalue weighted by Gasteiger charge is -2.29. The molecule has 0 atom stereocenters. The highest BCUT2D eigenvalue weighted by Crippen LogP contribution is 2.25. The highest BCUT2D eigenvalue weighted by atomic mass is 35.5. The van der Waals surface area contributed by atoms with Crippen molar-refractivity contribution in [3.63, 3.8) is 0 Å². The van der Waals surface area contributed by atoms with E-state index in [1.165, 1.54) is 16.9 Å². The van der Waals surface area contributed by atoms with Crippen molar-refractivity contribution in [2.75, 3.05) is 11.9 Å². The Kier molecular flexibility index (Phi) is 5.46. The number of fused-ring (bicyclic) bond motifs is 1. The second-order valence-electron chi connectivity index (χ2n) is 6.75. The summed E-state index contributed by atoms with van der Waals surface area (Å²) in [5.74, 6) is -0.0517. The Morgan fingerprint density at radius 3 is 2.71 bits per heavy atom. The molecule has 4 nitrogen and oxygen atoms in total. The maximum Gasteiger partial charge on any atom is 0.264 e. The zero-order valence-electron chi connectivity index (χ0n) is 15.2. The molecule has 0 unspecified atom stereocenters. The molecule has 2 aromatic carbocycles. The van der Waals surface area contributed by atoms with Crippen molar-refractivity contribution in [3.05, 3.63) is 86.6 Å². The monoisotopic (exact) mass is 410 g/mol. The zero-order chi connectivity index (χ0) is 19.5. The molecule has 142 valence electrons. The summed E-state index contributed by atoms with van der Waals surface area (Å²) in [6.07, 6.45) is 1.04. The van der Waals surface area contributed by atoms with Crippen LogP contribution in [-0.4, -0.2) is 23.3 Å². The Labute approximate surface area is 172 Å². The van der Waals surface area contributed by atoms with Crippen molar-refractivity contribution >= 4 is 40.4 Å². The van der Waals surface area contributed by atoms with Crippen LogP contribution in [0.5, 0.6) is 0 Å². The quantitative estimate of drug-likeness (QED) is 0.672. The van der Waals surface area contributed by atoms with Gasteiger partial charge in [-0.25, -0.2) is 0 Å². The largest absolute Gasteiger partial charge is 0.333 e. The molecule has 2 heterocycles. The second-order valence-corrected chi connectivity index (χ2v) is 8.11. The number of halogens is 1. The van der Waals surface area contributed by atoms with E-state index in [4.69, 9.17) is 11.6 Å². The molecule has 0 fully saturated rings. The van der Waals surface area contributed by atoms with Gasteiger partial charge >= 0.3 is 0 Å². The Balaban J connectivity index is 1.45. The standard InChI is InChI=1S/C22H19ClN2O2S/c23-19-5-2-1-4-16(19)13-21(26)24-18-8-7-15-9-10-25(14-17(15)12-18)22(27)20-6-3-11-28-20/h1-8,11-12H,9-10,13-14H2,(H,24,26). The molecular formula is C22H19ClN2O2S. The van der Waals surface area contributed by atoms with Gasteiger partial charge in [0.1, 0.15) is 0 Å². The van der Waals surface area contributed by atoms with Gasteiger partial charge in [0.15, 0.2) is 0 Å². The van der Waals surface area contributed by atoms with E-state index in [1.807, 2.05) is 58.8 Å². The summed E-state index contributed by atoms with van der Waals surface area (Å²) in [4.78, 5) is 27.6. The fourth-order valence-electron chi connectivity index (χ4n) is 3.38. The lowest BCUT2D eigenvalue weighted by molar-refractivity contribution is -0.115. The number of nitrogens with zero attached hydrogens (tertiary/aromatic N) is 1. The number of hydrogen-bond acceptors (Lipinski definition) is 3. The Bertz CT molecular complexity index is 1020. The highest BCUT2D eigenvalue weighted by molar-refractivity contribution is 7.12. The van der Waals surface area contributed by atoms with Crippen LogP contribution in [0, 0.1) is 0 Å². The van der Waals surface area contributed by atoms with Gasteiger partial charge in [-0.05, 0) is 52.8 Å². The van der Waals surface area contributed by atoms with E-state index in [0.29, 0.717) is 18.1 Å². The number of carbonyl (C=O) groups is 2. The van der Waals surface area contributed by atoms with Crippen LogP contribution in [0.3, 0.4) is 0 Å². The van der Waals surface area contributed by atoms with Gasteiger partial charge < -0.3 is 10.2 Å². The number of carbonyl (C=O) groups excluding carboxylic acids is 2. The van der Waals surface area contributed by atoms with Gasteiger partial charge in [-0.3, -0.25) is 9.59 Å². The molecule has 0 bridgehead atoms. The number of amides is 2. The number of benzene rings is 2. The summed E-state index contributed by atoms with van der Waals surface area (Å²) >= 11 is 7.60. The van der Waals surface area contributed by atoms with Crippen LogP contribution >= 0.6 is 22.9 Å². The second kappa shape index (κ2) is 8.17. The van der Waals surface area contributed by atoms with Gasteiger partial charge in [0.05, 0.1) is 11.3 Å². The predicted octanol–water partition coefficient (Wildman–Crippen LogP) is 4.78. The normalized spacial score (nSPS) is 13.1. The van der Waals surface area contributed by atoms with Gasteiger partial charge in [-0.2, -0.15) is 0 Å². The topological polar surface area (TPSA) is 49.4 Å². The van der Waals surface area contributed by atoms with Gasteiger partial charge in [-0.1, -0.05) is 41.9 Å². The molecule has 28 heavy (non-hydrogen) atoms. The Hall–Kier alpha value is -2.63. The van der Waals surface area contributed by atoms with Crippen LogP contribution in [0.1, 0.15) is 26.4 Å². The van der Waals surface area contributed by atoms with Crippen molar-refractivity contribution in [1.29, 1.82) is 0 Å². The molecule has 1 aliphatic heterocycles. The Morgan fingerprint density at radius 2 is 1.93 bits per heavy atom. The maximum absolute atomic E-state index is 12.6. The van der Waals surface area contributed by atoms with Crippen LogP contribution in [0.2, 0.25) is 5.02 Å².